The molecule has 0 bridgehead atoms. The van der Waals surface area contributed by atoms with E-state index in [4.69, 9.17) is 10.5 Å². The molecule has 0 radical (unpaired) electrons. The Hall–Kier alpha value is -1.56. The largest absolute Gasteiger partial charge is 0.481 e. The molecule has 2 aliphatic rings. The lowest BCUT2D eigenvalue weighted by molar-refractivity contribution is 0.166. The zero-order valence-electron chi connectivity index (χ0n) is 13.5. The molecule has 2 fully saturated rings. The third kappa shape index (κ3) is 3.61. The number of hydrogen-bond donors (Lipinski definition) is 1. The minimum atomic E-state index is 0.280. The van der Waals surface area contributed by atoms with Crippen LogP contribution in [-0.2, 0) is 0 Å². The van der Waals surface area contributed by atoms with Gasteiger partial charge in [0.15, 0.2) is 0 Å². The van der Waals surface area contributed by atoms with Crippen LogP contribution in [0.1, 0.15) is 38.5 Å². The summed E-state index contributed by atoms with van der Waals surface area (Å²) in [6, 6.07) is 2.67. The maximum absolute atomic E-state index is 5.79. The summed E-state index contributed by atoms with van der Waals surface area (Å²) in [5.41, 5.74) is 5.79. The summed E-state index contributed by atoms with van der Waals surface area (Å²) in [6.07, 6.45) is 8.11. The first-order chi connectivity index (χ1) is 10.8. The zero-order chi connectivity index (χ0) is 15.4. The van der Waals surface area contributed by atoms with E-state index >= 15 is 0 Å². The molecule has 6 heteroatoms. The molecular weight excluding hydrogens is 278 g/mol. The first-order valence-electron chi connectivity index (χ1n) is 8.44. The second kappa shape index (κ2) is 7.13. The van der Waals surface area contributed by atoms with Crippen LogP contribution in [0.25, 0.3) is 0 Å². The van der Waals surface area contributed by atoms with Gasteiger partial charge in [0.05, 0.1) is 7.11 Å². The summed E-state index contributed by atoms with van der Waals surface area (Å²) >= 11 is 0. The van der Waals surface area contributed by atoms with Crippen molar-refractivity contribution in [1.82, 2.24) is 14.9 Å². The van der Waals surface area contributed by atoms with Crippen LogP contribution in [0, 0.1) is 0 Å². The van der Waals surface area contributed by atoms with Crippen molar-refractivity contribution in [3.05, 3.63) is 6.07 Å². The Morgan fingerprint density at radius 1 is 1.05 bits per heavy atom. The Balaban J connectivity index is 1.65. The Morgan fingerprint density at radius 3 is 2.64 bits per heavy atom. The van der Waals surface area contributed by atoms with E-state index in [1.54, 1.807) is 7.11 Å². The fourth-order valence-corrected chi connectivity index (χ4v) is 3.67. The maximum atomic E-state index is 5.79. The van der Waals surface area contributed by atoms with Gasteiger partial charge in [-0.2, -0.15) is 9.97 Å². The van der Waals surface area contributed by atoms with Crippen LogP contribution in [0.3, 0.4) is 0 Å². The zero-order valence-corrected chi connectivity index (χ0v) is 13.5. The topological polar surface area (TPSA) is 67.5 Å². The summed E-state index contributed by atoms with van der Waals surface area (Å²) in [6.45, 7) is 4.31. The predicted octanol–water partition coefficient (Wildman–Crippen LogP) is 1.91. The van der Waals surface area contributed by atoms with Crippen LogP contribution in [-0.4, -0.2) is 54.2 Å². The van der Waals surface area contributed by atoms with Gasteiger partial charge < -0.3 is 15.4 Å². The minimum Gasteiger partial charge on any atom is -0.481 e. The number of hydrogen-bond acceptors (Lipinski definition) is 6. The van der Waals surface area contributed by atoms with Gasteiger partial charge in [-0.1, -0.05) is 19.3 Å². The molecule has 0 unspecified atom stereocenters. The normalized spacial score (nSPS) is 21.6. The molecule has 6 nitrogen and oxygen atoms in total. The number of anilines is 2. The standard InChI is InChI=1S/C16H27N5O/c1-22-15-12-14(18-16(17)19-15)21-9-5-8-20(10-11-21)13-6-3-2-4-7-13/h12-13H,2-11H2,1H3,(H2,17,18,19). The number of ether oxygens (including phenoxy) is 1. The highest BCUT2D eigenvalue weighted by molar-refractivity contribution is 5.45. The van der Waals surface area contributed by atoms with Crippen molar-refractivity contribution in [2.24, 2.45) is 0 Å². The molecule has 3 rings (SSSR count). The van der Waals surface area contributed by atoms with Gasteiger partial charge in [0.2, 0.25) is 11.8 Å². The number of rotatable bonds is 3. The van der Waals surface area contributed by atoms with E-state index in [0.717, 1.165) is 31.5 Å². The van der Waals surface area contributed by atoms with E-state index in [-0.39, 0.29) is 5.95 Å². The molecular formula is C16H27N5O. The molecule has 2 heterocycles. The van der Waals surface area contributed by atoms with Crippen molar-refractivity contribution in [1.29, 1.82) is 0 Å². The van der Waals surface area contributed by atoms with Gasteiger partial charge in [-0.3, -0.25) is 4.90 Å². The summed E-state index contributed by atoms with van der Waals surface area (Å²) in [4.78, 5) is 13.4. The molecule has 1 saturated carbocycles. The number of aromatic nitrogens is 2. The molecule has 1 aliphatic heterocycles. The minimum absolute atomic E-state index is 0.280. The van der Waals surface area contributed by atoms with Crippen LogP contribution < -0.4 is 15.4 Å². The fourth-order valence-electron chi connectivity index (χ4n) is 3.67. The van der Waals surface area contributed by atoms with Crippen molar-refractivity contribution in [3.8, 4) is 5.88 Å². The Bertz CT molecular complexity index is 489. The lowest BCUT2D eigenvalue weighted by atomic mass is 9.94. The van der Waals surface area contributed by atoms with E-state index in [0.29, 0.717) is 5.88 Å². The number of nitrogen functional groups attached to an aromatic ring is 1. The van der Waals surface area contributed by atoms with Crippen LogP contribution in [0.4, 0.5) is 11.8 Å². The molecule has 2 N–H and O–H groups in total. The van der Waals surface area contributed by atoms with E-state index in [2.05, 4.69) is 19.8 Å². The van der Waals surface area contributed by atoms with Gasteiger partial charge in [-0.25, -0.2) is 0 Å². The predicted molar refractivity (Wildman–Crippen MR) is 88.3 cm³/mol. The van der Waals surface area contributed by atoms with Crippen molar-refractivity contribution >= 4 is 11.8 Å². The Labute approximate surface area is 132 Å². The van der Waals surface area contributed by atoms with Gasteiger partial charge in [0, 0.05) is 38.3 Å². The quantitative estimate of drug-likeness (QED) is 0.920. The molecule has 122 valence electrons. The van der Waals surface area contributed by atoms with E-state index < -0.39 is 0 Å². The van der Waals surface area contributed by atoms with Crippen LogP contribution >= 0.6 is 0 Å². The molecule has 1 saturated heterocycles. The van der Waals surface area contributed by atoms with Crippen molar-refractivity contribution in [3.63, 3.8) is 0 Å². The number of methoxy groups -OCH3 is 1. The molecule has 0 spiro atoms. The average Bonchev–Trinajstić information content (AvgIpc) is 2.81. The lowest BCUT2D eigenvalue weighted by Gasteiger charge is -2.33. The number of nitrogens with zero attached hydrogens (tertiary/aromatic N) is 4. The van der Waals surface area contributed by atoms with Gasteiger partial charge in [-0.05, 0) is 19.3 Å². The summed E-state index contributed by atoms with van der Waals surface area (Å²) < 4.78 is 5.21. The molecule has 22 heavy (non-hydrogen) atoms. The summed E-state index contributed by atoms with van der Waals surface area (Å²) in [7, 11) is 1.61. The third-order valence-corrected chi connectivity index (χ3v) is 4.86. The number of nitrogens with two attached hydrogens (primary N) is 1. The SMILES string of the molecule is COc1cc(N2CCCN(C3CCCCC3)CC2)nc(N)n1. The molecule has 1 aromatic heterocycles. The Morgan fingerprint density at radius 2 is 1.86 bits per heavy atom. The van der Waals surface area contributed by atoms with E-state index in [1.165, 1.54) is 45.1 Å². The Kier molecular flexibility index (Phi) is 4.97. The van der Waals surface area contributed by atoms with Crippen molar-refractivity contribution in [2.45, 2.75) is 44.6 Å². The second-order valence-electron chi connectivity index (χ2n) is 6.30. The first-order valence-corrected chi connectivity index (χ1v) is 8.44. The third-order valence-electron chi connectivity index (χ3n) is 4.86. The van der Waals surface area contributed by atoms with Gasteiger partial charge >= 0.3 is 0 Å². The molecule has 0 atom stereocenters. The first kappa shape index (κ1) is 15.3. The monoisotopic (exact) mass is 305 g/mol. The van der Waals surface area contributed by atoms with Crippen molar-refractivity contribution < 1.29 is 4.74 Å². The average molecular weight is 305 g/mol. The van der Waals surface area contributed by atoms with E-state index in [9.17, 15) is 0 Å². The second-order valence-corrected chi connectivity index (χ2v) is 6.30. The van der Waals surface area contributed by atoms with Crippen LogP contribution in [0.5, 0.6) is 5.88 Å². The van der Waals surface area contributed by atoms with Gasteiger partial charge in [0.1, 0.15) is 5.82 Å². The highest BCUT2D eigenvalue weighted by atomic mass is 16.5. The fraction of sp³-hybridized carbons (Fsp3) is 0.750. The van der Waals surface area contributed by atoms with Gasteiger partial charge in [-0.15, -0.1) is 0 Å². The van der Waals surface area contributed by atoms with Crippen LogP contribution in [0.2, 0.25) is 0 Å². The van der Waals surface area contributed by atoms with Gasteiger partial charge in [0.25, 0.3) is 0 Å². The van der Waals surface area contributed by atoms with Crippen LogP contribution in [0.15, 0.2) is 6.07 Å². The maximum Gasteiger partial charge on any atom is 0.225 e. The highest BCUT2D eigenvalue weighted by Gasteiger charge is 2.24. The smallest absolute Gasteiger partial charge is 0.225 e. The highest BCUT2D eigenvalue weighted by Crippen LogP contribution is 2.25. The molecule has 1 aliphatic carbocycles. The molecule has 0 aromatic carbocycles. The van der Waals surface area contributed by atoms with E-state index in [1.807, 2.05) is 6.07 Å². The molecule has 1 aromatic rings. The molecule has 0 amide bonds. The summed E-state index contributed by atoms with van der Waals surface area (Å²) in [5, 5.41) is 0. The summed E-state index contributed by atoms with van der Waals surface area (Å²) in [5.74, 6) is 1.70. The lowest BCUT2D eigenvalue weighted by Crippen LogP contribution is -2.39. The van der Waals surface area contributed by atoms with Crippen molar-refractivity contribution in [2.75, 3.05) is 43.9 Å².